The molecular formula is C24H27N5O3S. The van der Waals surface area contributed by atoms with Gasteiger partial charge in [-0.25, -0.2) is 9.98 Å². The number of imide groups is 1. The van der Waals surface area contributed by atoms with Crippen molar-refractivity contribution in [3.05, 3.63) is 41.7 Å². The maximum atomic E-state index is 11.9. The lowest BCUT2D eigenvalue weighted by Gasteiger charge is -2.32. The van der Waals surface area contributed by atoms with Crippen LogP contribution in [0.3, 0.4) is 0 Å². The van der Waals surface area contributed by atoms with Gasteiger partial charge in [0.2, 0.25) is 11.8 Å². The molecule has 1 atom stereocenters. The van der Waals surface area contributed by atoms with E-state index in [2.05, 4.69) is 39.6 Å². The zero-order chi connectivity index (χ0) is 23.2. The Balaban J connectivity index is 1.26. The van der Waals surface area contributed by atoms with Crippen molar-refractivity contribution in [3.63, 3.8) is 0 Å². The summed E-state index contributed by atoms with van der Waals surface area (Å²) in [6.07, 6.45) is 6.51. The second-order valence-corrected chi connectivity index (χ2v) is 10.6. The van der Waals surface area contributed by atoms with Gasteiger partial charge in [-0.2, -0.15) is 4.98 Å². The van der Waals surface area contributed by atoms with Gasteiger partial charge in [-0.15, -0.1) is 0 Å². The average molecular weight is 466 g/mol. The minimum absolute atomic E-state index is 0.129. The summed E-state index contributed by atoms with van der Waals surface area (Å²) in [5, 5.41) is 1.96. The number of fused-ring (bicyclic) bond motifs is 1. The highest BCUT2D eigenvalue weighted by molar-refractivity contribution is 8.15. The maximum absolute atomic E-state index is 11.9. The van der Waals surface area contributed by atoms with Gasteiger partial charge in [0.15, 0.2) is 11.5 Å². The number of rotatable bonds is 4. The van der Waals surface area contributed by atoms with Gasteiger partial charge in [0, 0.05) is 5.56 Å². The molecule has 2 aromatic rings. The normalized spacial score (nSPS) is 26.2. The summed E-state index contributed by atoms with van der Waals surface area (Å²) in [6.45, 7) is 3.94. The fourth-order valence-electron chi connectivity index (χ4n) is 5.00. The van der Waals surface area contributed by atoms with Crippen LogP contribution in [-0.2, 0) is 4.79 Å². The SMILES string of the molecule is CC1(C)Oc2ncnc(N)c2N=C1c1ccc([C@H]2CC[C@H](CC3SC(=O)NC3=O)CC2)cc1. The molecule has 8 nitrogen and oxygen atoms in total. The predicted octanol–water partition coefficient (Wildman–Crippen LogP) is 4.37. The van der Waals surface area contributed by atoms with E-state index in [0.29, 0.717) is 29.2 Å². The molecule has 1 aromatic heterocycles. The fourth-order valence-corrected chi connectivity index (χ4v) is 5.95. The number of nitrogens with two attached hydrogens (primary N) is 1. The molecule has 2 amide bonds. The van der Waals surface area contributed by atoms with E-state index in [9.17, 15) is 9.59 Å². The van der Waals surface area contributed by atoms with E-state index in [0.717, 1.165) is 55.1 Å². The van der Waals surface area contributed by atoms with Crippen LogP contribution < -0.4 is 15.8 Å². The third-order valence-electron chi connectivity index (χ3n) is 6.78. The summed E-state index contributed by atoms with van der Waals surface area (Å²) in [5.74, 6) is 1.58. The minimum atomic E-state index is -0.640. The number of nitrogens with zero attached hydrogens (tertiary/aromatic N) is 3. The molecule has 3 N–H and O–H groups in total. The highest BCUT2D eigenvalue weighted by Crippen LogP contribution is 2.41. The monoisotopic (exact) mass is 465 g/mol. The first-order chi connectivity index (χ1) is 15.8. The number of nitrogens with one attached hydrogen (secondary N) is 1. The molecule has 0 radical (unpaired) electrons. The van der Waals surface area contributed by atoms with Crippen molar-refractivity contribution in [2.75, 3.05) is 5.73 Å². The van der Waals surface area contributed by atoms with Crippen molar-refractivity contribution in [2.24, 2.45) is 10.9 Å². The largest absolute Gasteiger partial charge is 0.463 e. The number of carbonyl (C=O) groups is 2. The molecule has 1 saturated heterocycles. The zero-order valence-electron chi connectivity index (χ0n) is 18.7. The van der Waals surface area contributed by atoms with Crippen molar-refractivity contribution < 1.29 is 14.3 Å². The van der Waals surface area contributed by atoms with Crippen molar-refractivity contribution in [3.8, 4) is 5.88 Å². The Hall–Kier alpha value is -2.94. The zero-order valence-corrected chi connectivity index (χ0v) is 19.5. The summed E-state index contributed by atoms with van der Waals surface area (Å²) < 4.78 is 6.08. The first kappa shape index (κ1) is 21.9. The number of benzene rings is 1. The average Bonchev–Trinajstić information content (AvgIpc) is 3.10. The molecular weight excluding hydrogens is 438 g/mol. The number of ether oxygens (including phenoxy) is 1. The van der Waals surface area contributed by atoms with E-state index >= 15 is 0 Å². The number of aliphatic imine (C=N–C) groups is 1. The number of nitrogen functional groups attached to an aromatic ring is 1. The maximum Gasteiger partial charge on any atom is 0.286 e. The number of thioether (sulfide) groups is 1. The van der Waals surface area contributed by atoms with Crippen LogP contribution in [0, 0.1) is 5.92 Å². The minimum Gasteiger partial charge on any atom is -0.463 e. The van der Waals surface area contributed by atoms with E-state index in [1.807, 2.05) is 13.8 Å². The number of hydrogen-bond acceptors (Lipinski definition) is 8. The Morgan fingerprint density at radius 3 is 2.52 bits per heavy atom. The smallest absolute Gasteiger partial charge is 0.286 e. The van der Waals surface area contributed by atoms with Crippen LogP contribution in [0.15, 0.2) is 35.6 Å². The number of anilines is 1. The van der Waals surface area contributed by atoms with Crippen LogP contribution >= 0.6 is 11.8 Å². The molecule has 0 spiro atoms. The van der Waals surface area contributed by atoms with Gasteiger partial charge < -0.3 is 10.5 Å². The van der Waals surface area contributed by atoms with E-state index < -0.39 is 5.60 Å². The highest BCUT2D eigenvalue weighted by Gasteiger charge is 2.36. The van der Waals surface area contributed by atoms with Crippen LogP contribution in [0.4, 0.5) is 16.3 Å². The van der Waals surface area contributed by atoms with E-state index in [1.165, 1.54) is 11.9 Å². The summed E-state index contributed by atoms with van der Waals surface area (Å²) in [4.78, 5) is 36.2. The summed E-state index contributed by atoms with van der Waals surface area (Å²) in [5.41, 5.74) is 8.93. The van der Waals surface area contributed by atoms with Crippen LogP contribution in [-0.4, -0.2) is 37.7 Å². The van der Waals surface area contributed by atoms with Crippen LogP contribution in [0.5, 0.6) is 5.88 Å². The Labute approximate surface area is 196 Å². The summed E-state index contributed by atoms with van der Waals surface area (Å²) >= 11 is 1.14. The van der Waals surface area contributed by atoms with Crippen LogP contribution in [0.25, 0.3) is 0 Å². The standard InChI is InChI=1S/C24H27N5O3S/c1-24(2)19(28-18-20(25)26-12-27-22(18)32-24)16-9-7-15(8-10-16)14-5-3-13(4-6-14)11-17-21(30)29-23(31)33-17/h7-10,12-14,17H,3-6,11H2,1-2H3,(H2,25,26,27)(H,29,30,31)/t13-,14-,17?. The Morgan fingerprint density at radius 1 is 1.12 bits per heavy atom. The van der Waals surface area contributed by atoms with Gasteiger partial charge in [-0.3, -0.25) is 14.9 Å². The second kappa shape index (κ2) is 8.44. The number of aromatic nitrogens is 2. The molecule has 1 aliphatic carbocycles. The van der Waals surface area contributed by atoms with Gasteiger partial charge in [0.1, 0.15) is 11.9 Å². The van der Waals surface area contributed by atoms with E-state index in [-0.39, 0.29) is 16.4 Å². The first-order valence-corrected chi connectivity index (χ1v) is 12.2. The summed E-state index contributed by atoms with van der Waals surface area (Å²) in [7, 11) is 0. The molecule has 3 heterocycles. The molecule has 172 valence electrons. The highest BCUT2D eigenvalue weighted by atomic mass is 32.2. The van der Waals surface area contributed by atoms with Crippen molar-refractivity contribution in [1.82, 2.24) is 15.3 Å². The first-order valence-electron chi connectivity index (χ1n) is 11.3. The Bertz CT molecular complexity index is 1120. The molecule has 9 heteroatoms. The van der Waals surface area contributed by atoms with Crippen LogP contribution in [0.2, 0.25) is 0 Å². The summed E-state index contributed by atoms with van der Waals surface area (Å²) in [6, 6.07) is 8.55. The molecule has 0 bridgehead atoms. The molecule has 1 saturated carbocycles. The number of carbonyl (C=O) groups excluding carboxylic acids is 2. The topological polar surface area (TPSA) is 120 Å². The lowest BCUT2D eigenvalue weighted by Crippen LogP contribution is -2.41. The lowest BCUT2D eigenvalue weighted by molar-refractivity contribution is -0.119. The number of hydrogen-bond donors (Lipinski definition) is 2. The second-order valence-electron chi connectivity index (χ2n) is 9.44. The third-order valence-corrected chi connectivity index (χ3v) is 7.79. The van der Waals surface area contributed by atoms with Crippen molar-refractivity contribution in [2.45, 2.75) is 62.7 Å². The molecule has 3 aliphatic rings. The molecule has 33 heavy (non-hydrogen) atoms. The van der Waals surface area contributed by atoms with Gasteiger partial charge in [0.25, 0.3) is 5.24 Å². The van der Waals surface area contributed by atoms with Gasteiger partial charge in [-0.1, -0.05) is 36.0 Å². The van der Waals surface area contributed by atoms with Crippen molar-refractivity contribution in [1.29, 1.82) is 0 Å². The molecule has 5 rings (SSSR count). The predicted molar refractivity (Wildman–Crippen MR) is 128 cm³/mol. The molecule has 1 aromatic carbocycles. The van der Waals surface area contributed by atoms with Gasteiger partial charge in [0.05, 0.1) is 11.0 Å². The Kier molecular flexibility index (Phi) is 5.60. The van der Waals surface area contributed by atoms with Crippen molar-refractivity contribution >= 4 is 40.1 Å². The van der Waals surface area contributed by atoms with Gasteiger partial charge >= 0.3 is 0 Å². The molecule has 2 fully saturated rings. The lowest BCUT2D eigenvalue weighted by atomic mass is 9.77. The molecule has 1 unspecified atom stereocenters. The van der Waals surface area contributed by atoms with E-state index in [4.69, 9.17) is 15.5 Å². The number of amides is 2. The fraction of sp³-hybridized carbons (Fsp3) is 0.458. The quantitative estimate of drug-likeness (QED) is 0.688. The molecule has 2 aliphatic heterocycles. The Morgan fingerprint density at radius 2 is 1.85 bits per heavy atom. The van der Waals surface area contributed by atoms with E-state index in [1.54, 1.807) is 0 Å². The van der Waals surface area contributed by atoms with Crippen LogP contribution in [0.1, 0.15) is 63.0 Å². The van der Waals surface area contributed by atoms with Gasteiger partial charge in [-0.05, 0) is 63.4 Å². The third kappa shape index (κ3) is 4.34.